The Morgan fingerprint density at radius 3 is 2.22 bits per heavy atom. The summed E-state index contributed by atoms with van der Waals surface area (Å²) in [6.07, 6.45) is 3.03. The van der Waals surface area contributed by atoms with Gasteiger partial charge in [0.05, 0.1) is 5.56 Å². The van der Waals surface area contributed by atoms with Gasteiger partial charge in [0.15, 0.2) is 5.78 Å². The van der Waals surface area contributed by atoms with Crippen LogP contribution in [0.5, 0.6) is 5.75 Å². The van der Waals surface area contributed by atoms with Gasteiger partial charge >= 0.3 is 5.97 Å². The van der Waals surface area contributed by atoms with E-state index < -0.39 is 5.97 Å². The number of carbonyl (C=O) groups excluding carboxylic acids is 2. The van der Waals surface area contributed by atoms with Crippen molar-refractivity contribution >= 4 is 33.8 Å². The summed E-state index contributed by atoms with van der Waals surface area (Å²) < 4.78 is 18.8. The Bertz CT molecular complexity index is 993. The van der Waals surface area contributed by atoms with Crippen LogP contribution < -0.4 is 4.74 Å². The van der Waals surface area contributed by atoms with Gasteiger partial charge in [-0.15, -0.1) is 0 Å². The Balaban J connectivity index is 1.66. The highest BCUT2D eigenvalue weighted by atomic mass is 79.9. The van der Waals surface area contributed by atoms with Crippen molar-refractivity contribution in [2.75, 3.05) is 0 Å². The normalized spacial score (nSPS) is 10.7. The molecule has 0 aromatic heterocycles. The lowest BCUT2D eigenvalue weighted by atomic mass is 10.1. The van der Waals surface area contributed by atoms with Crippen LogP contribution in [-0.2, 0) is 0 Å². The van der Waals surface area contributed by atoms with E-state index in [1.165, 1.54) is 18.2 Å². The molecule has 0 fully saturated rings. The van der Waals surface area contributed by atoms with Crippen molar-refractivity contribution in [2.24, 2.45) is 0 Å². The molecule has 0 saturated heterocycles. The first kappa shape index (κ1) is 18.7. The molecule has 0 aliphatic rings. The molecule has 3 rings (SSSR count). The van der Waals surface area contributed by atoms with Crippen LogP contribution in [0.3, 0.4) is 0 Å². The van der Waals surface area contributed by atoms with E-state index in [0.29, 0.717) is 21.3 Å². The average molecular weight is 425 g/mol. The van der Waals surface area contributed by atoms with Crippen molar-refractivity contribution in [3.05, 3.63) is 106 Å². The van der Waals surface area contributed by atoms with Gasteiger partial charge in [-0.1, -0.05) is 30.3 Å². The van der Waals surface area contributed by atoms with Gasteiger partial charge in [0.1, 0.15) is 11.6 Å². The molecule has 0 N–H and O–H groups in total. The molecular formula is C22H14BrFO3. The topological polar surface area (TPSA) is 43.4 Å². The maximum atomic E-state index is 12.9. The fourth-order valence-corrected chi connectivity index (χ4v) is 2.76. The quantitative estimate of drug-likeness (QED) is 0.228. The van der Waals surface area contributed by atoms with E-state index in [0.717, 1.165) is 5.56 Å². The van der Waals surface area contributed by atoms with Gasteiger partial charge < -0.3 is 4.74 Å². The molecule has 3 aromatic rings. The molecule has 0 heterocycles. The summed E-state index contributed by atoms with van der Waals surface area (Å²) in [7, 11) is 0. The maximum absolute atomic E-state index is 12.9. The first-order valence-electron chi connectivity index (χ1n) is 8.08. The van der Waals surface area contributed by atoms with Gasteiger partial charge in [-0.25, -0.2) is 9.18 Å². The predicted molar refractivity (Wildman–Crippen MR) is 105 cm³/mol. The van der Waals surface area contributed by atoms with E-state index in [1.54, 1.807) is 66.7 Å². The van der Waals surface area contributed by atoms with Gasteiger partial charge in [0, 0.05) is 10.0 Å². The second-order valence-corrected chi connectivity index (χ2v) is 6.50. The van der Waals surface area contributed by atoms with Crippen LogP contribution in [0.15, 0.2) is 83.3 Å². The summed E-state index contributed by atoms with van der Waals surface area (Å²) in [6, 6.07) is 19.1. The molecule has 0 aliphatic carbocycles. The van der Waals surface area contributed by atoms with Crippen molar-refractivity contribution in [3.63, 3.8) is 0 Å². The SMILES string of the molecule is O=C(C=Cc1ccc(F)cc1)c1ccc(OC(=O)c2ccccc2Br)cc1. The van der Waals surface area contributed by atoms with Crippen molar-refractivity contribution < 1.29 is 18.7 Å². The maximum Gasteiger partial charge on any atom is 0.344 e. The van der Waals surface area contributed by atoms with Crippen LogP contribution in [0.2, 0.25) is 0 Å². The Hall–Kier alpha value is -3.05. The molecule has 0 spiro atoms. The minimum Gasteiger partial charge on any atom is -0.423 e. The number of hydrogen-bond donors (Lipinski definition) is 0. The predicted octanol–water partition coefficient (Wildman–Crippen LogP) is 5.70. The monoisotopic (exact) mass is 424 g/mol. The van der Waals surface area contributed by atoms with E-state index in [-0.39, 0.29) is 11.6 Å². The summed E-state index contributed by atoms with van der Waals surface area (Å²) in [5.74, 6) is -0.679. The number of carbonyl (C=O) groups is 2. The van der Waals surface area contributed by atoms with Crippen molar-refractivity contribution in [1.29, 1.82) is 0 Å². The van der Waals surface area contributed by atoms with Gasteiger partial charge in [-0.05, 0) is 76.1 Å². The summed E-state index contributed by atoms with van der Waals surface area (Å²) in [5, 5.41) is 0. The Morgan fingerprint density at radius 2 is 1.56 bits per heavy atom. The molecule has 0 unspecified atom stereocenters. The van der Waals surface area contributed by atoms with Gasteiger partial charge in [-0.2, -0.15) is 0 Å². The lowest BCUT2D eigenvalue weighted by molar-refractivity contribution is 0.0733. The third kappa shape index (κ3) is 4.99. The second kappa shape index (κ2) is 8.56. The second-order valence-electron chi connectivity index (χ2n) is 5.64. The van der Waals surface area contributed by atoms with E-state index in [9.17, 15) is 14.0 Å². The smallest absolute Gasteiger partial charge is 0.344 e. The Labute approximate surface area is 164 Å². The van der Waals surface area contributed by atoms with E-state index in [2.05, 4.69) is 15.9 Å². The lowest BCUT2D eigenvalue weighted by Gasteiger charge is -2.06. The van der Waals surface area contributed by atoms with Crippen LogP contribution in [0, 0.1) is 5.82 Å². The van der Waals surface area contributed by atoms with Crippen LogP contribution in [0.1, 0.15) is 26.3 Å². The molecule has 0 aliphatic heterocycles. The van der Waals surface area contributed by atoms with Crippen LogP contribution in [0.4, 0.5) is 4.39 Å². The zero-order valence-corrected chi connectivity index (χ0v) is 15.6. The highest BCUT2D eigenvalue weighted by molar-refractivity contribution is 9.10. The van der Waals surface area contributed by atoms with Gasteiger partial charge in [0.2, 0.25) is 0 Å². The van der Waals surface area contributed by atoms with E-state index in [1.807, 2.05) is 0 Å². The third-order valence-corrected chi connectivity index (χ3v) is 4.43. The lowest BCUT2D eigenvalue weighted by Crippen LogP contribution is -2.09. The van der Waals surface area contributed by atoms with Crippen molar-refractivity contribution in [3.8, 4) is 5.75 Å². The minimum absolute atomic E-state index is 0.206. The Morgan fingerprint density at radius 1 is 0.889 bits per heavy atom. The molecule has 0 atom stereocenters. The summed E-state index contributed by atoms with van der Waals surface area (Å²) in [5.41, 5.74) is 1.60. The largest absolute Gasteiger partial charge is 0.423 e. The van der Waals surface area contributed by atoms with Gasteiger partial charge in [0.25, 0.3) is 0 Å². The third-order valence-electron chi connectivity index (χ3n) is 3.74. The number of hydrogen-bond acceptors (Lipinski definition) is 3. The van der Waals surface area contributed by atoms with Crippen molar-refractivity contribution in [1.82, 2.24) is 0 Å². The molecule has 0 saturated carbocycles. The number of halogens is 2. The molecule has 5 heteroatoms. The van der Waals surface area contributed by atoms with Crippen molar-refractivity contribution in [2.45, 2.75) is 0 Å². The highest BCUT2D eigenvalue weighted by Crippen LogP contribution is 2.20. The molecule has 27 heavy (non-hydrogen) atoms. The highest BCUT2D eigenvalue weighted by Gasteiger charge is 2.12. The average Bonchev–Trinajstić information content (AvgIpc) is 2.68. The fourth-order valence-electron chi connectivity index (χ4n) is 2.32. The molecule has 3 aromatic carbocycles. The number of ether oxygens (including phenoxy) is 1. The molecular weight excluding hydrogens is 411 g/mol. The molecule has 134 valence electrons. The van der Waals surface area contributed by atoms with Crippen LogP contribution >= 0.6 is 15.9 Å². The summed E-state index contributed by atoms with van der Waals surface area (Å²) in [6.45, 7) is 0. The van der Waals surface area contributed by atoms with E-state index in [4.69, 9.17) is 4.74 Å². The zero-order chi connectivity index (χ0) is 19.2. The fraction of sp³-hybridized carbons (Fsp3) is 0. The number of allylic oxidation sites excluding steroid dienone is 1. The molecule has 0 bridgehead atoms. The number of ketones is 1. The van der Waals surface area contributed by atoms with Crippen LogP contribution in [-0.4, -0.2) is 11.8 Å². The summed E-state index contributed by atoms with van der Waals surface area (Å²) in [4.78, 5) is 24.4. The Kier molecular flexibility index (Phi) is 5.94. The molecule has 0 radical (unpaired) electrons. The van der Waals surface area contributed by atoms with Gasteiger partial charge in [-0.3, -0.25) is 4.79 Å². The molecule has 3 nitrogen and oxygen atoms in total. The molecule has 0 amide bonds. The number of esters is 1. The number of rotatable bonds is 5. The number of benzene rings is 3. The van der Waals surface area contributed by atoms with E-state index >= 15 is 0 Å². The summed E-state index contributed by atoms with van der Waals surface area (Å²) >= 11 is 3.31. The minimum atomic E-state index is -0.488. The van der Waals surface area contributed by atoms with Crippen LogP contribution in [0.25, 0.3) is 6.08 Å². The zero-order valence-electron chi connectivity index (χ0n) is 14.1. The first-order valence-corrected chi connectivity index (χ1v) is 8.87. The first-order chi connectivity index (χ1) is 13.0. The standard InChI is InChI=1S/C22H14BrFO3/c23-20-4-2-1-3-19(20)22(26)27-18-12-8-16(9-13-18)21(25)14-7-15-5-10-17(24)11-6-15/h1-14H.